The van der Waals surface area contributed by atoms with Gasteiger partial charge in [0.25, 0.3) is 10.0 Å². The number of hydrogen-bond acceptors (Lipinski definition) is 5. The number of aliphatic imine (C=N–C) groups is 1. The molecule has 0 aliphatic carbocycles. The van der Waals surface area contributed by atoms with E-state index in [2.05, 4.69) is 15.0 Å². The van der Waals surface area contributed by atoms with Crippen LogP contribution in [-0.2, 0) is 14.8 Å². The Morgan fingerprint density at radius 2 is 1.58 bits per heavy atom. The number of anilines is 1. The fourth-order valence-corrected chi connectivity index (χ4v) is 4.32. The lowest BCUT2D eigenvalue weighted by molar-refractivity contribution is -0.117. The van der Waals surface area contributed by atoms with Crippen molar-refractivity contribution in [3.05, 3.63) is 83.9 Å². The fraction of sp³-hybridized carbons (Fsp3) is 0.130. The molecule has 0 saturated heterocycles. The lowest BCUT2D eigenvalue weighted by atomic mass is 10.2. The molecular weight excluding hydrogens is 414 g/mol. The van der Waals surface area contributed by atoms with Crippen LogP contribution in [0.3, 0.4) is 0 Å². The highest BCUT2D eigenvalue weighted by Gasteiger charge is 2.31. The highest BCUT2D eigenvalue weighted by atomic mass is 32.2. The average molecular weight is 436 g/mol. The smallest absolute Gasteiger partial charge is 0.263 e. The van der Waals surface area contributed by atoms with Gasteiger partial charge < -0.3 is 10.1 Å². The number of rotatable bonds is 5. The van der Waals surface area contributed by atoms with Crippen LogP contribution in [-0.4, -0.2) is 26.2 Å². The summed E-state index contributed by atoms with van der Waals surface area (Å²) < 4.78 is 32.5. The van der Waals surface area contributed by atoms with Crippen molar-refractivity contribution in [2.45, 2.75) is 24.8 Å². The van der Waals surface area contributed by atoms with Crippen LogP contribution in [0, 0.1) is 6.92 Å². The molecule has 1 atom stereocenters. The van der Waals surface area contributed by atoms with Crippen molar-refractivity contribution in [1.82, 2.24) is 4.72 Å². The molecule has 31 heavy (non-hydrogen) atoms. The van der Waals surface area contributed by atoms with Crippen LogP contribution in [0.25, 0.3) is 0 Å². The highest BCUT2D eigenvalue weighted by Crippen LogP contribution is 2.24. The van der Waals surface area contributed by atoms with Crippen molar-refractivity contribution in [2.24, 2.45) is 4.99 Å². The molecule has 158 valence electrons. The summed E-state index contributed by atoms with van der Waals surface area (Å²) in [6.07, 6.45) is 0. The van der Waals surface area contributed by atoms with Crippen LogP contribution in [0.4, 0.5) is 5.69 Å². The van der Waals surface area contributed by atoms with Gasteiger partial charge in [0.15, 0.2) is 0 Å². The minimum absolute atomic E-state index is 0.158. The van der Waals surface area contributed by atoms with Gasteiger partial charge in [0.2, 0.25) is 5.91 Å². The number of sulfonamides is 1. The zero-order valence-electron chi connectivity index (χ0n) is 17.0. The van der Waals surface area contributed by atoms with E-state index in [1.807, 2.05) is 31.2 Å². The molecule has 0 radical (unpaired) electrons. The third-order valence-electron chi connectivity index (χ3n) is 4.74. The standard InChI is InChI=1S/C23H21N3O4S/c1-15-7-11-18(12-8-15)30-19-13-9-17(10-14-19)25-23(27)16(2)24-22-20-5-3-4-6-21(20)31(28,29)26-22/h3-14,16H,1-2H3,(H,24,26)(H,25,27)/t16-/m0/s1. The molecule has 7 nitrogen and oxygen atoms in total. The van der Waals surface area contributed by atoms with E-state index in [0.717, 1.165) is 11.3 Å². The molecule has 8 heteroatoms. The van der Waals surface area contributed by atoms with E-state index in [9.17, 15) is 13.2 Å². The summed E-state index contributed by atoms with van der Waals surface area (Å²) in [6.45, 7) is 3.61. The molecule has 1 aliphatic rings. The summed E-state index contributed by atoms with van der Waals surface area (Å²) in [5.41, 5.74) is 2.19. The Kier molecular flexibility index (Phi) is 5.48. The average Bonchev–Trinajstić information content (AvgIpc) is 3.01. The van der Waals surface area contributed by atoms with Gasteiger partial charge in [-0.2, -0.15) is 0 Å². The van der Waals surface area contributed by atoms with Crippen molar-refractivity contribution in [2.75, 3.05) is 5.32 Å². The van der Waals surface area contributed by atoms with Gasteiger partial charge in [0.05, 0.1) is 4.90 Å². The second-order valence-electron chi connectivity index (χ2n) is 7.18. The number of fused-ring (bicyclic) bond motifs is 1. The van der Waals surface area contributed by atoms with Gasteiger partial charge in [-0.25, -0.2) is 8.42 Å². The van der Waals surface area contributed by atoms with E-state index >= 15 is 0 Å². The molecule has 0 fully saturated rings. The van der Waals surface area contributed by atoms with E-state index < -0.39 is 16.1 Å². The van der Waals surface area contributed by atoms with Crippen LogP contribution >= 0.6 is 0 Å². The molecule has 1 amide bonds. The van der Waals surface area contributed by atoms with Gasteiger partial charge in [-0.1, -0.05) is 29.8 Å². The first-order valence-corrected chi connectivity index (χ1v) is 11.2. The molecule has 3 aromatic rings. The number of hydrogen-bond donors (Lipinski definition) is 2. The van der Waals surface area contributed by atoms with E-state index in [-0.39, 0.29) is 16.6 Å². The first-order valence-electron chi connectivity index (χ1n) is 9.67. The Labute approximate surface area is 180 Å². The monoisotopic (exact) mass is 435 g/mol. The van der Waals surface area contributed by atoms with Gasteiger partial charge in [-0.3, -0.25) is 14.5 Å². The second-order valence-corrected chi connectivity index (χ2v) is 8.83. The first kappa shape index (κ1) is 20.6. The third kappa shape index (κ3) is 4.59. The summed E-state index contributed by atoms with van der Waals surface area (Å²) in [6, 6.07) is 20.4. The lowest BCUT2D eigenvalue weighted by Gasteiger charge is -2.11. The van der Waals surface area contributed by atoms with Crippen molar-refractivity contribution >= 4 is 27.5 Å². The van der Waals surface area contributed by atoms with Crippen LogP contribution in [0.1, 0.15) is 18.1 Å². The van der Waals surface area contributed by atoms with Crippen molar-refractivity contribution in [3.8, 4) is 11.5 Å². The summed E-state index contributed by atoms with van der Waals surface area (Å²) in [7, 11) is -3.64. The number of carbonyl (C=O) groups excluding carboxylic acids is 1. The van der Waals surface area contributed by atoms with Gasteiger partial charge in [-0.15, -0.1) is 0 Å². The number of carbonyl (C=O) groups is 1. The molecule has 0 saturated carbocycles. The Bertz CT molecular complexity index is 1250. The van der Waals surface area contributed by atoms with Crippen LogP contribution in [0.15, 0.2) is 82.7 Å². The van der Waals surface area contributed by atoms with Crippen LogP contribution in [0.2, 0.25) is 0 Å². The molecule has 0 unspecified atom stereocenters. The summed E-state index contributed by atoms with van der Waals surface area (Å²) in [5.74, 6) is 1.18. The van der Waals surface area contributed by atoms with Crippen molar-refractivity contribution < 1.29 is 17.9 Å². The molecule has 0 bridgehead atoms. The quantitative estimate of drug-likeness (QED) is 0.636. The maximum Gasteiger partial charge on any atom is 0.263 e. The van der Waals surface area contributed by atoms with E-state index in [4.69, 9.17) is 4.74 Å². The summed E-state index contributed by atoms with van der Waals surface area (Å²) in [5, 5.41) is 2.78. The maximum absolute atomic E-state index is 12.6. The molecule has 1 heterocycles. The minimum Gasteiger partial charge on any atom is -0.457 e. The van der Waals surface area contributed by atoms with Gasteiger partial charge in [0.1, 0.15) is 23.4 Å². The zero-order valence-corrected chi connectivity index (χ0v) is 17.8. The number of amides is 1. The third-order valence-corrected chi connectivity index (χ3v) is 6.14. The molecular formula is C23H21N3O4S. The Hall–Kier alpha value is -3.65. The minimum atomic E-state index is -3.64. The van der Waals surface area contributed by atoms with Gasteiger partial charge in [0, 0.05) is 11.3 Å². The molecule has 0 aromatic heterocycles. The lowest BCUT2D eigenvalue weighted by Crippen LogP contribution is -2.28. The Morgan fingerprint density at radius 1 is 0.968 bits per heavy atom. The van der Waals surface area contributed by atoms with Crippen LogP contribution in [0.5, 0.6) is 11.5 Å². The van der Waals surface area contributed by atoms with Crippen LogP contribution < -0.4 is 14.8 Å². The highest BCUT2D eigenvalue weighted by molar-refractivity contribution is 7.90. The first-order chi connectivity index (χ1) is 14.8. The Balaban J connectivity index is 1.42. The van der Waals surface area contributed by atoms with E-state index in [1.165, 1.54) is 6.07 Å². The normalized spacial score (nSPS) is 16.3. The number of benzene rings is 3. The predicted molar refractivity (Wildman–Crippen MR) is 119 cm³/mol. The summed E-state index contributed by atoms with van der Waals surface area (Å²) in [4.78, 5) is 17.0. The second kappa shape index (κ2) is 8.23. The molecule has 3 aromatic carbocycles. The van der Waals surface area contributed by atoms with Crippen molar-refractivity contribution in [3.63, 3.8) is 0 Å². The largest absolute Gasteiger partial charge is 0.457 e. The molecule has 1 aliphatic heterocycles. The zero-order chi connectivity index (χ0) is 22.0. The SMILES string of the molecule is Cc1ccc(Oc2ccc(NC(=O)[C@H](C)N=C3NS(=O)(=O)c4ccccc43)cc2)cc1. The van der Waals surface area contributed by atoms with Crippen molar-refractivity contribution in [1.29, 1.82) is 0 Å². The fourth-order valence-electron chi connectivity index (χ4n) is 3.08. The molecule has 0 spiro atoms. The van der Waals surface area contributed by atoms with E-state index in [1.54, 1.807) is 49.4 Å². The predicted octanol–water partition coefficient (Wildman–Crippen LogP) is 3.85. The van der Waals surface area contributed by atoms with Gasteiger partial charge in [-0.05, 0) is 62.4 Å². The van der Waals surface area contributed by atoms with Gasteiger partial charge >= 0.3 is 0 Å². The molecule has 2 N–H and O–H groups in total. The van der Waals surface area contributed by atoms with E-state index in [0.29, 0.717) is 17.0 Å². The maximum atomic E-state index is 12.6. The number of ether oxygens (including phenoxy) is 1. The number of nitrogens with zero attached hydrogens (tertiary/aromatic N) is 1. The Morgan fingerprint density at radius 3 is 2.26 bits per heavy atom. The molecule has 4 rings (SSSR count). The summed E-state index contributed by atoms with van der Waals surface area (Å²) >= 11 is 0. The number of aryl methyl sites for hydroxylation is 1. The number of nitrogens with one attached hydrogen (secondary N) is 2. The topological polar surface area (TPSA) is 96.9 Å². The number of amidine groups is 1.